The number of amides is 3. The van der Waals surface area contributed by atoms with Gasteiger partial charge in [0.1, 0.15) is 6.17 Å². The molecule has 0 unspecified atom stereocenters. The van der Waals surface area contributed by atoms with Gasteiger partial charge >= 0.3 is 12.1 Å². The highest BCUT2D eigenvalue weighted by Crippen LogP contribution is 2.27. The normalized spacial score (nSPS) is 24.6. The Morgan fingerprint density at radius 2 is 2.00 bits per heavy atom. The zero-order valence-corrected chi connectivity index (χ0v) is 22.8. The van der Waals surface area contributed by atoms with Gasteiger partial charge in [-0.1, -0.05) is 0 Å². The highest BCUT2D eigenvalue weighted by molar-refractivity contribution is 5.88. The molecular weight excluding hydrogens is 521 g/mol. The van der Waals surface area contributed by atoms with Crippen LogP contribution in [-0.2, 0) is 0 Å². The molecule has 2 aromatic heterocycles. The zero-order chi connectivity index (χ0) is 28.1. The molecule has 3 aliphatic heterocycles. The van der Waals surface area contributed by atoms with Crippen LogP contribution in [0.3, 0.4) is 0 Å². The molecule has 3 saturated heterocycles. The lowest BCUT2D eigenvalue weighted by Crippen LogP contribution is -2.55. The van der Waals surface area contributed by atoms with Crippen molar-refractivity contribution in [3.63, 3.8) is 0 Å². The number of hydrogen-bond acceptors (Lipinski definition) is 10. The first-order chi connectivity index (χ1) is 19.4. The predicted octanol–water partition coefficient (Wildman–Crippen LogP) is 2.46. The minimum atomic E-state index is -1.24. The van der Waals surface area contributed by atoms with Gasteiger partial charge in [-0.2, -0.15) is 4.98 Å². The fourth-order valence-electron chi connectivity index (χ4n) is 5.59. The summed E-state index contributed by atoms with van der Waals surface area (Å²) in [7, 11) is 1.53. The van der Waals surface area contributed by atoms with E-state index in [0.29, 0.717) is 31.0 Å². The molecule has 3 aliphatic rings. The number of ether oxygens (including phenoxy) is 2. The summed E-state index contributed by atoms with van der Waals surface area (Å²) >= 11 is 0. The number of rotatable bonds is 7. The van der Waals surface area contributed by atoms with E-state index in [1.807, 2.05) is 6.92 Å². The third kappa shape index (κ3) is 6.66. The second kappa shape index (κ2) is 12.6. The number of alkyl halides is 1. The van der Waals surface area contributed by atoms with E-state index in [9.17, 15) is 14.0 Å². The van der Waals surface area contributed by atoms with E-state index in [2.05, 4.69) is 35.5 Å². The Morgan fingerprint density at radius 3 is 2.80 bits per heavy atom. The van der Waals surface area contributed by atoms with Gasteiger partial charge in [-0.05, 0) is 45.6 Å². The van der Waals surface area contributed by atoms with Crippen molar-refractivity contribution in [3.8, 4) is 11.8 Å². The Hall–Kier alpha value is -3.81. The van der Waals surface area contributed by atoms with Crippen LogP contribution >= 0.6 is 0 Å². The molecule has 5 heterocycles. The number of fused-ring (bicyclic) bond motifs is 1. The van der Waals surface area contributed by atoms with Crippen LogP contribution < -0.4 is 25.0 Å². The third-order valence-corrected chi connectivity index (χ3v) is 7.71. The first kappa shape index (κ1) is 27.7. The first-order valence-electron chi connectivity index (χ1n) is 13.8. The van der Waals surface area contributed by atoms with Crippen LogP contribution in [0.5, 0.6) is 11.8 Å². The molecule has 0 aromatic carbocycles. The van der Waals surface area contributed by atoms with Crippen molar-refractivity contribution < 1.29 is 23.5 Å². The van der Waals surface area contributed by atoms with Crippen LogP contribution in [-0.4, -0.2) is 106 Å². The van der Waals surface area contributed by atoms with E-state index in [-0.39, 0.29) is 30.7 Å². The van der Waals surface area contributed by atoms with E-state index in [1.54, 1.807) is 4.90 Å². The molecule has 216 valence electrons. The smallest absolute Gasteiger partial charge is 0.414 e. The maximum atomic E-state index is 15.0. The van der Waals surface area contributed by atoms with Crippen LogP contribution in [0.15, 0.2) is 24.7 Å². The van der Waals surface area contributed by atoms with Gasteiger partial charge in [0.05, 0.1) is 25.0 Å². The zero-order valence-electron chi connectivity index (χ0n) is 22.8. The summed E-state index contributed by atoms with van der Waals surface area (Å²) in [5, 5.41) is 5.60. The molecule has 0 saturated carbocycles. The van der Waals surface area contributed by atoms with E-state index in [0.717, 1.165) is 25.9 Å². The van der Waals surface area contributed by atoms with E-state index >= 15 is 0 Å². The molecule has 0 aliphatic carbocycles. The second-order valence-corrected chi connectivity index (χ2v) is 10.3. The van der Waals surface area contributed by atoms with Gasteiger partial charge in [0.25, 0.3) is 0 Å². The monoisotopic (exact) mass is 557 g/mol. The van der Waals surface area contributed by atoms with Crippen molar-refractivity contribution in [3.05, 3.63) is 24.7 Å². The highest BCUT2D eigenvalue weighted by Gasteiger charge is 2.36. The quantitative estimate of drug-likeness (QED) is 0.522. The fourth-order valence-corrected chi connectivity index (χ4v) is 5.59. The summed E-state index contributed by atoms with van der Waals surface area (Å²) in [4.78, 5) is 47.9. The minimum absolute atomic E-state index is 0.0766. The number of anilines is 2. The van der Waals surface area contributed by atoms with Crippen molar-refractivity contribution in [2.75, 3.05) is 50.1 Å². The number of piperidine rings is 2. The Labute approximate surface area is 232 Å². The standard InChI is InChI=1S/C26H36FN9O4/c1-3-39-23-15-29-21(14-30-23)32-25(37)34(2)20-16-36(12-8-19(20)27)24-28-9-6-22(33-24)40-26(38)31-17-7-11-35-10-4-5-18(35)13-17/h6,9,14-15,17-20H,3-5,7-8,10-13,16H2,1-2H3,(H,31,38)(H,29,32,37)/t17-,18-,19+,20-/m0/s1. The topological polar surface area (TPSA) is 138 Å². The average molecular weight is 558 g/mol. The molecule has 2 N–H and O–H groups in total. The SMILES string of the molecule is CCOc1cnc(NC(=O)N(C)[C@H]2CN(c3nccc(OC(=O)N[C@H]4CCN5CCC[C@H]5C4)n3)CC[C@H]2F)cn1. The average Bonchev–Trinajstić information content (AvgIpc) is 3.42. The lowest BCUT2D eigenvalue weighted by molar-refractivity contribution is 0.133. The molecule has 0 radical (unpaired) electrons. The van der Waals surface area contributed by atoms with Gasteiger partial charge in [-0.25, -0.2) is 28.9 Å². The minimum Gasteiger partial charge on any atom is -0.477 e. The highest BCUT2D eigenvalue weighted by atomic mass is 19.1. The molecule has 2 aromatic rings. The van der Waals surface area contributed by atoms with Gasteiger partial charge in [0, 0.05) is 51.0 Å². The fraction of sp³-hybridized carbons (Fsp3) is 0.615. The maximum absolute atomic E-state index is 15.0. The molecule has 0 bridgehead atoms. The molecule has 40 heavy (non-hydrogen) atoms. The van der Waals surface area contributed by atoms with Gasteiger partial charge < -0.3 is 29.5 Å². The summed E-state index contributed by atoms with van der Waals surface area (Å²) in [5.74, 6) is 0.981. The molecule has 14 heteroatoms. The number of likely N-dealkylation sites (N-methyl/N-ethyl adjacent to an activating group) is 1. The van der Waals surface area contributed by atoms with Crippen molar-refractivity contribution in [1.82, 2.24) is 35.1 Å². The van der Waals surface area contributed by atoms with Crippen LogP contribution in [0.25, 0.3) is 0 Å². The summed E-state index contributed by atoms with van der Waals surface area (Å²) in [5.41, 5.74) is 0. The van der Waals surface area contributed by atoms with Gasteiger partial charge in [-0.15, -0.1) is 0 Å². The van der Waals surface area contributed by atoms with Crippen LogP contribution in [0.1, 0.15) is 39.0 Å². The summed E-state index contributed by atoms with van der Waals surface area (Å²) in [6.45, 7) is 4.93. The van der Waals surface area contributed by atoms with E-state index in [1.165, 1.54) is 49.4 Å². The van der Waals surface area contributed by atoms with Crippen LogP contribution in [0.4, 0.5) is 25.7 Å². The summed E-state index contributed by atoms with van der Waals surface area (Å²) < 4.78 is 25.7. The number of hydrogen-bond donors (Lipinski definition) is 2. The van der Waals surface area contributed by atoms with Crippen molar-refractivity contribution in [2.45, 2.75) is 63.3 Å². The number of carbonyl (C=O) groups excluding carboxylic acids is 2. The molecule has 3 fully saturated rings. The Kier molecular flexibility index (Phi) is 8.72. The number of halogens is 1. The van der Waals surface area contributed by atoms with Gasteiger partial charge in [0.15, 0.2) is 5.82 Å². The van der Waals surface area contributed by atoms with Gasteiger partial charge in [-0.3, -0.25) is 5.32 Å². The Balaban J connectivity index is 1.16. The van der Waals surface area contributed by atoms with E-state index < -0.39 is 24.3 Å². The number of urea groups is 1. The van der Waals surface area contributed by atoms with Crippen LogP contribution in [0.2, 0.25) is 0 Å². The summed E-state index contributed by atoms with van der Waals surface area (Å²) in [6.07, 6.45) is 6.89. The Morgan fingerprint density at radius 1 is 1.12 bits per heavy atom. The largest absolute Gasteiger partial charge is 0.477 e. The van der Waals surface area contributed by atoms with E-state index in [4.69, 9.17) is 9.47 Å². The number of nitrogens with zero attached hydrogens (tertiary/aromatic N) is 7. The van der Waals surface area contributed by atoms with Crippen molar-refractivity contribution >= 4 is 23.9 Å². The molecule has 3 amide bonds. The lowest BCUT2D eigenvalue weighted by Gasteiger charge is -2.39. The molecule has 0 spiro atoms. The summed E-state index contributed by atoms with van der Waals surface area (Å²) in [6, 6.07) is 0.839. The maximum Gasteiger partial charge on any atom is 0.414 e. The molecule has 13 nitrogen and oxygen atoms in total. The van der Waals surface area contributed by atoms with Gasteiger partial charge in [0.2, 0.25) is 17.7 Å². The molecular formula is C26H36FN9O4. The number of carbonyl (C=O) groups is 2. The van der Waals surface area contributed by atoms with Crippen LogP contribution in [0, 0.1) is 0 Å². The predicted molar refractivity (Wildman–Crippen MR) is 144 cm³/mol. The first-order valence-corrected chi connectivity index (χ1v) is 13.8. The van der Waals surface area contributed by atoms with Crippen molar-refractivity contribution in [2.24, 2.45) is 0 Å². The number of aromatic nitrogens is 4. The second-order valence-electron chi connectivity index (χ2n) is 10.3. The third-order valence-electron chi connectivity index (χ3n) is 7.71. The Bertz CT molecular complexity index is 1170. The number of nitrogens with one attached hydrogen (secondary N) is 2. The lowest BCUT2D eigenvalue weighted by atomic mass is 9.98. The molecule has 4 atom stereocenters. The molecule has 5 rings (SSSR count). The van der Waals surface area contributed by atoms with Crippen molar-refractivity contribution in [1.29, 1.82) is 0 Å².